The van der Waals surface area contributed by atoms with Gasteiger partial charge in [0.2, 0.25) is 0 Å². The number of allylic oxidation sites excluding steroid dienone is 2. The fraction of sp³-hybridized carbons (Fsp3) is 0.792. The molecule has 29 heavy (non-hydrogen) atoms. The number of hydrogen-bond donors (Lipinski definition) is 1. The minimum absolute atomic E-state index is 0.00162. The summed E-state index contributed by atoms with van der Waals surface area (Å²) < 4.78 is 5.02. The summed E-state index contributed by atoms with van der Waals surface area (Å²) in [4.78, 5) is 35.5. The zero-order valence-electron chi connectivity index (χ0n) is 17.9. The molecule has 5 nitrogen and oxygen atoms in total. The van der Waals surface area contributed by atoms with Gasteiger partial charge in [0, 0.05) is 12.8 Å². The van der Waals surface area contributed by atoms with Gasteiger partial charge in [-0.2, -0.15) is 0 Å². The van der Waals surface area contributed by atoms with Gasteiger partial charge < -0.3 is 9.84 Å². The Hall–Kier alpha value is -1.65. The Balaban J connectivity index is 1.54. The maximum absolute atomic E-state index is 12.8. The second-order valence-electron chi connectivity index (χ2n) is 10.5. The van der Waals surface area contributed by atoms with Gasteiger partial charge in [0.05, 0.1) is 5.92 Å². The molecular weight excluding hydrogens is 368 g/mol. The summed E-state index contributed by atoms with van der Waals surface area (Å²) in [5, 5.41) is 9.47. The van der Waals surface area contributed by atoms with Crippen LogP contribution in [0.25, 0.3) is 0 Å². The predicted molar refractivity (Wildman–Crippen MR) is 108 cm³/mol. The number of aliphatic carboxylic acids is 1. The molecule has 0 saturated heterocycles. The van der Waals surface area contributed by atoms with Crippen LogP contribution in [0.1, 0.15) is 72.1 Å². The Labute approximate surface area is 173 Å². The third-order valence-corrected chi connectivity index (χ3v) is 9.26. The molecule has 5 heteroatoms. The van der Waals surface area contributed by atoms with Crippen molar-refractivity contribution in [3.8, 4) is 0 Å². The Kier molecular flexibility index (Phi) is 5.15. The van der Waals surface area contributed by atoms with Gasteiger partial charge in [-0.15, -0.1) is 0 Å². The van der Waals surface area contributed by atoms with Crippen molar-refractivity contribution in [1.82, 2.24) is 0 Å². The smallest absolute Gasteiger partial charge is 0.306 e. The molecule has 160 valence electrons. The molecule has 3 fully saturated rings. The van der Waals surface area contributed by atoms with Gasteiger partial charge in [-0.05, 0) is 80.0 Å². The number of rotatable bonds is 4. The van der Waals surface area contributed by atoms with Crippen LogP contribution in [0.15, 0.2) is 11.6 Å². The lowest BCUT2D eigenvalue weighted by atomic mass is 9.47. The van der Waals surface area contributed by atoms with E-state index in [0.717, 1.165) is 44.9 Å². The van der Waals surface area contributed by atoms with Crippen LogP contribution >= 0.6 is 0 Å². The molecule has 4 rings (SSSR count). The molecule has 0 aromatic carbocycles. The number of carboxylic acids is 1. The highest BCUT2D eigenvalue weighted by Gasteiger charge is 2.59. The Morgan fingerprint density at radius 2 is 1.86 bits per heavy atom. The normalized spacial score (nSPS) is 43.4. The van der Waals surface area contributed by atoms with E-state index in [2.05, 4.69) is 19.9 Å². The van der Waals surface area contributed by atoms with Crippen LogP contribution in [0, 0.1) is 40.4 Å². The summed E-state index contributed by atoms with van der Waals surface area (Å²) in [5.74, 6) is 0.507. The number of Topliss-reactive ketones (excluding diaryl/α,β-unsaturated/α-hetero) is 1. The zero-order valence-corrected chi connectivity index (χ0v) is 17.9. The van der Waals surface area contributed by atoms with Crippen molar-refractivity contribution in [2.75, 3.05) is 6.61 Å². The van der Waals surface area contributed by atoms with Crippen molar-refractivity contribution in [1.29, 1.82) is 0 Å². The molecule has 7 atom stereocenters. The first-order valence-electron chi connectivity index (χ1n) is 11.2. The molecule has 0 spiro atoms. The molecule has 4 aliphatic rings. The van der Waals surface area contributed by atoms with Crippen LogP contribution in [0.3, 0.4) is 0 Å². The molecule has 0 bridgehead atoms. The number of carboxylic acid groups (broad SMARTS) is 1. The third kappa shape index (κ3) is 3.25. The van der Waals surface area contributed by atoms with Crippen LogP contribution < -0.4 is 0 Å². The van der Waals surface area contributed by atoms with Crippen molar-refractivity contribution in [3.63, 3.8) is 0 Å². The third-order valence-electron chi connectivity index (χ3n) is 9.26. The molecule has 0 aliphatic heterocycles. The predicted octanol–water partition coefficient (Wildman–Crippen LogP) is 4.40. The fourth-order valence-electron chi connectivity index (χ4n) is 7.67. The van der Waals surface area contributed by atoms with Crippen LogP contribution in [0.5, 0.6) is 0 Å². The maximum atomic E-state index is 12.8. The van der Waals surface area contributed by atoms with Gasteiger partial charge >= 0.3 is 11.9 Å². The highest BCUT2D eigenvalue weighted by molar-refractivity contribution is 5.85. The van der Waals surface area contributed by atoms with Gasteiger partial charge in [0.1, 0.15) is 6.61 Å². The van der Waals surface area contributed by atoms with E-state index in [4.69, 9.17) is 4.74 Å². The maximum Gasteiger partial charge on any atom is 0.306 e. The zero-order chi connectivity index (χ0) is 21.0. The average Bonchev–Trinajstić information content (AvgIpc) is 3.02. The van der Waals surface area contributed by atoms with Gasteiger partial charge in [-0.1, -0.05) is 25.5 Å². The van der Waals surface area contributed by atoms with E-state index in [0.29, 0.717) is 24.2 Å². The van der Waals surface area contributed by atoms with E-state index < -0.39 is 11.9 Å². The lowest BCUT2D eigenvalue weighted by molar-refractivity contribution is -0.149. The number of ether oxygens (including phenoxy) is 1. The molecule has 4 aliphatic carbocycles. The molecule has 6 unspecified atom stereocenters. The summed E-state index contributed by atoms with van der Waals surface area (Å²) in [5.41, 5.74) is 1.50. The Morgan fingerprint density at radius 3 is 2.55 bits per heavy atom. The van der Waals surface area contributed by atoms with Crippen molar-refractivity contribution in [3.05, 3.63) is 11.6 Å². The SMILES string of the molecule is CC(=O)OCC(=O)[C@H]1CCC2C3CC=C4CC(C(=O)O)CCC4(C)C3CCC21C. The van der Waals surface area contributed by atoms with Crippen molar-refractivity contribution in [2.45, 2.75) is 72.1 Å². The number of ketones is 1. The molecule has 0 radical (unpaired) electrons. The van der Waals surface area contributed by atoms with Crippen molar-refractivity contribution >= 4 is 17.7 Å². The number of esters is 1. The number of hydrogen-bond acceptors (Lipinski definition) is 4. The van der Waals surface area contributed by atoms with E-state index in [1.54, 1.807) is 0 Å². The average molecular weight is 403 g/mol. The summed E-state index contributed by atoms with van der Waals surface area (Å²) >= 11 is 0. The highest BCUT2D eigenvalue weighted by Crippen LogP contribution is 2.66. The van der Waals surface area contributed by atoms with E-state index in [9.17, 15) is 19.5 Å². The van der Waals surface area contributed by atoms with Gasteiger partial charge in [0.15, 0.2) is 5.78 Å². The molecule has 0 amide bonds. The largest absolute Gasteiger partial charge is 0.481 e. The highest BCUT2D eigenvalue weighted by atomic mass is 16.5. The topological polar surface area (TPSA) is 80.7 Å². The van der Waals surface area contributed by atoms with E-state index in [1.807, 2.05) is 0 Å². The minimum Gasteiger partial charge on any atom is -0.481 e. The lowest BCUT2D eigenvalue weighted by Crippen LogP contribution is -2.51. The van der Waals surface area contributed by atoms with Crippen LogP contribution in [0.4, 0.5) is 0 Å². The number of fused-ring (bicyclic) bond motifs is 5. The van der Waals surface area contributed by atoms with Crippen molar-refractivity contribution in [2.24, 2.45) is 40.4 Å². The standard InChI is InChI=1S/C24H34O5/c1-14(25)29-13-21(26)20-7-6-18-17-5-4-16-12-15(22(27)28)8-10-23(16,2)19(17)9-11-24(18,20)3/h4,15,17-20H,5-13H2,1-3H3,(H,27,28)/t15?,17?,18?,19?,20-,23?,24?/m1/s1. The van der Waals surface area contributed by atoms with Crippen molar-refractivity contribution < 1.29 is 24.2 Å². The quantitative estimate of drug-likeness (QED) is 0.557. The molecule has 3 saturated carbocycles. The molecule has 1 N–H and O–H groups in total. The molecular formula is C24H34O5. The van der Waals surface area contributed by atoms with Gasteiger partial charge in [0.25, 0.3) is 0 Å². The lowest BCUT2D eigenvalue weighted by Gasteiger charge is -2.58. The van der Waals surface area contributed by atoms with Crippen LogP contribution in [-0.2, 0) is 19.1 Å². The second-order valence-corrected chi connectivity index (χ2v) is 10.5. The monoisotopic (exact) mass is 402 g/mol. The Morgan fingerprint density at radius 1 is 1.10 bits per heavy atom. The van der Waals surface area contributed by atoms with Crippen LogP contribution in [-0.4, -0.2) is 29.4 Å². The van der Waals surface area contributed by atoms with E-state index in [-0.39, 0.29) is 35.1 Å². The molecule has 0 heterocycles. The van der Waals surface area contributed by atoms with E-state index >= 15 is 0 Å². The minimum atomic E-state index is -0.656. The number of carbonyl (C=O) groups excluding carboxylic acids is 2. The van der Waals surface area contributed by atoms with E-state index in [1.165, 1.54) is 12.5 Å². The van der Waals surface area contributed by atoms with Gasteiger partial charge in [-0.25, -0.2) is 0 Å². The first-order chi connectivity index (χ1) is 13.7. The summed E-state index contributed by atoms with van der Waals surface area (Å²) in [6.07, 6.45) is 9.96. The molecule has 0 aromatic heterocycles. The Bertz CT molecular complexity index is 754. The first kappa shape index (κ1) is 20.6. The summed E-state index contributed by atoms with van der Waals surface area (Å²) in [7, 11) is 0. The number of carbonyl (C=O) groups is 3. The summed E-state index contributed by atoms with van der Waals surface area (Å²) in [6.45, 7) is 5.92. The summed E-state index contributed by atoms with van der Waals surface area (Å²) in [6, 6.07) is 0. The fourth-order valence-corrected chi connectivity index (χ4v) is 7.67. The first-order valence-corrected chi connectivity index (χ1v) is 11.2. The molecule has 0 aromatic rings. The second kappa shape index (κ2) is 7.24. The van der Waals surface area contributed by atoms with Gasteiger partial charge in [-0.3, -0.25) is 14.4 Å². The van der Waals surface area contributed by atoms with Crippen LogP contribution in [0.2, 0.25) is 0 Å².